The molecule has 0 saturated carbocycles. The van der Waals surface area contributed by atoms with Crippen molar-refractivity contribution in [1.82, 2.24) is 0 Å². The van der Waals surface area contributed by atoms with E-state index in [0.717, 1.165) is 8.66 Å². The monoisotopic (exact) mass is 343 g/mol. The second-order valence-electron chi connectivity index (χ2n) is 3.75. The summed E-state index contributed by atoms with van der Waals surface area (Å²) in [7, 11) is 1.23. The molecule has 0 bridgehead atoms. The first-order valence-corrected chi connectivity index (χ1v) is 7.07. The summed E-state index contributed by atoms with van der Waals surface area (Å²) in [5.41, 5.74) is 0.603. The van der Waals surface area contributed by atoms with Crippen LogP contribution in [-0.2, 0) is 11.3 Å². The molecule has 3 nitrogen and oxygen atoms in total. The maximum Gasteiger partial charge on any atom is 0.340 e. The number of ether oxygens (including phenoxy) is 1. The topological polar surface area (TPSA) is 38.3 Å². The fourth-order valence-corrected chi connectivity index (χ4v) is 2.96. The molecule has 1 N–H and O–H groups in total. The fraction of sp³-hybridized carbons (Fsp3) is 0.154. The Morgan fingerprint density at radius 2 is 2.21 bits per heavy atom. The third-order valence-corrected chi connectivity index (χ3v) is 4.09. The number of halogens is 2. The first kappa shape index (κ1) is 14.0. The van der Waals surface area contributed by atoms with Gasteiger partial charge in [0, 0.05) is 17.1 Å². The highest BCUT2D eigenvalue weighted by Crippen LogP contribution is 2.23. The van der Waals surface area contributed by atoms with Gasteiger partial charge in [-0.2, -0.15) is 0 Å². The van der Waals surface area contributed by atoms with E-state index in [2.05, 4.69) is 26.0 Å². The molecule has 0 spiro atoms. The zero-order valence-electron chi connectivity index (χ0n) is 10.1. The fourth-order valence-electron chi connectivity index (χ4n) is 1.54. The highest BCUT2D eigenvalue weighted by molar-refractivity contribution is 9.11. The lowest BCUT2D eigenvalue weighted by Gasteiger charge is -2.07. The molecule has 0 amide bonds. The van der Waals surface area contributed by atoms with Gasteiger partial charge >= 0.3 is 5.97 Å². The van der Waals surface area contributed by atoms with E-state index in [-0.39, 0.29) is 5.56 Å². The molecule has 2 aromatic rings. The van der Waals surface area contributed by atoms with Gasteiger partial charge in [-0.25, -0.2) is 9.18 Å². The summed E-state index contributed by atoms with van der Waals surface area (Å²) < 4.78 is 19.0. The third kappa shape index (κ3) is 3.54. The quantitative estimate of drug-likeness (QED) is 0.851. The van der Waals surface area contributed by atoms with Gasteiger partial charge in [-0.3, -0.25) is 0 Å². The Balaban J connectivity index is 2.10. The maximum absolute atomic E-state index is 13.4. The molecule has 0 aliphatic carbocycles. The van der Waals surface area contributed by atoms with Crippen LogP contribution in [0.4, 0.5) is 10.1 Å². The van der Waals surface area contributed by atoms with Gasteiger partial charge in [0.2, 0.25) is 0 Å². The molecule has 1 aromatic heterocycles. The number of benzene rings is 1. The molecule has 100 valence electrons. The van der Waals surface area contributed by atoms with Crippen LogP contribution in [0, 0.1) is 5.82 Å². The molecule has 0 radical (unpaired) electrons. The average Bonchev–Trinajstić information content (AvgIpc) is 2.83. The van der Waals surface area contributed by atoms with Gasteiger partial charge in [-0.1, -0.05) is 0 Å². The minimum Gasteiger partial charge on any atom is -0.465 e. The number of thiophene rings is 1. The first-order chi connectivity index (χ1) is 9.10. The molecule has 1 aromatic carbocycles. The van der Waals surface area contributed by atoms with Gasteiger partial charge in [-0.15, -0.1) is 11.3 Å². The molecule has 1 heterocycles. The van der Waals surface area contributed by atoms with Crippen LogP contribution in [0.1, 0.15) is 15.2 Å². The van der Waals surface area contributed by atoms with Crippen LogP contribution in [0.3, 0.4) is 0 Å². The smallest absolute Gasteiger partial charge is 0.340 e. The number of hydrogen-bond acceptors (Lipinski definition) is 4. The number of nitrogens with one attached hydrogen (secondary N) is 1. The van der Waals surface area contributed by atoms with E-state index in [1.54, 1.807) is 17.4 Å². The molecular formula is C13H11BrFNO2S. The van der Waals surface area contributed by atoms with Crippen LogP contribution < -0.4 is 5.32 Å². The molecule has 0 fully saturated rings. The predicted molar refractivity (Wildman–Crippen MR) is 77.1 cm³/mol. The van der Waals surface area contributed by atoms with E-state index < -0.39 is 11.8 Å². The number of carbonyl (C=O) groups excluding carboxylic acids is 1. The van der Waals surface area contributed by atoms with Crippen molar-refractivity contribution >= 4 is 38.9 Å². The first-order valence-electron chi connectivity index (χ1n) is 5.46. The summed E-state index contributed by atoms with van der Waals surface area (Å²) in [5.74, 6) is -1.27. The summed E-state index contributed by atoms with van der Waals surface area (Å²) >= 11 is 5.00. The summed E-state index contributed by atoms with van der Waals surface area (Å²) in [6.07, 6.45) is 0. The molecular weight excluding hydrogens is 333 g/mol. The molecule has 0 aliphatic rings. The Kier molecular flexibility index (Phi) is 4.55. The van der Waals surface area contributed by atoms with E-state index in [1.807, 2.05) is 12.1 Å². The van der Waals surface area contributed by atoms with Gasteiger partial charge in [0.15, 0.2) is 0 Å². The zero-order valence-corrected chi connectivity index (χ0v) is 12.5. The van der Waals surface area contributed by atoms with Gasteiger partial charge < -0.3 is 10.1 Å². The lowest BCUT2D eigenvalue weighted by atomic mass is 10.2. The Bertz CT molecular complexity index is 600. The lowest BCUT2D eigenvalue weighted by molar-refractivity contribution is 0.0595. The number of rotatable bonds is 4. The van der Waals surface area contributed by atoms with Crippen LogP contribution in [0.2, 0.25) is 0 Å². The summed E-state index contributed by atoms with van der Waals surface area (Å²) in [5, 5.41) is 3.14. The van der Waals surface area contributed by atoms with Crippen molar-refractivity contribution in [1.29, 1.82) is 0 Å². The molecule has 0 aliphatic heterocycles. The van der Waals surface area contributed by atoms with Crippen LogP contribution >= 0.6 is 27.3 Å². The van der Waals surface area contributed by atoms with Gasteiger partial charge in [0.25, 0.3) is 0 Å². The second-order valence-corrected chi connectivity index (χ2v) is 6.29. The third-order valence-electron chi connectivity index (χ3n) is 2.47. The van der Waals surface area contributed by atoms with Crippen molar-refractivity contribution in [2.24, 2.45) is 0 Å². The number of anilines is 1. The van der Waals surface area contributed by atoms with Crippen molar-refractivity contribution < 1.29 is 13.9 Å². The SMILES string of the molecule is COC(=O)c1cc(NCc2ccc(Br)s2)ccc1F. The van der Waals surface area contributed by atoms with Crippen LogP contribution in [0.25, 0.3) is 0 Å². The van der Waals surface area contributed by atoms with Gasteiger partial charge in [0.05, 0.1) is 16.5 Å². The van der Waals surface area contributed by atoms with Crippen LogP contribution in [0.5, 0.6) is 0 Å². The summed E-state index contributed by atoms with van der Waals surface area (Å²) in [6, 6.07) is 8.24. The molecule has 2 rings (SSSR count). The highest BCUT2D eigenvalue weighted by Gasteiger charge is 2.12. The second kappa shape index (κ2) is 6.16. The standard InChI is InChI=1S/C13H11BrFNO2S/c1-18-13(17)10-6-8(2-4-11(10)15)16-7-9-3-5-12(14)19-9/h2-6,16H,7H2,1H3. The van der Waals surface area contributed by atoms with E-state index in [4.69, 9.17) is 0 Å². The van der Waals surface area contributed by atoms with Crippen LogP contribution in [-0.4, -0.2) is 13.1 Å². The Morgan fingerprint density at radius 3 is 2.84 bits per heavy atom. The van der Waals surface area contributed by atoms with Crippen LogP contribution in [0.15, 0.2) is 34.1 Å². The van der Waals surface area contributed by atoms with E-state index in [0.29, 0.717) is 12.2 Å². The van der Waals surface area contributed by atoms with E-state index >= 15 is 0 Å². The molecule has 0 atom stereocenters. The maximum atomic E-state index is 13.4. The van der Waals surface area contributed by atoms with Crippen molar-refractivity contribution in [2.75, 3.05) is 12.4 Å². The van der Waals surface area contributed by atoms with E-state index in [9.17, 15) is 9.18 Å². The van der Waals surface area contributed by atoms with Crippen molar-refractivity contribution in [3.63, 3.8) is 0 Å². The zero-order chi connectivity index (χ0) is 13.8. The molecule has 0 saturated heterocycles. The number of esters is 1. The highest BCUT2D eigenvalue weighted by atomic mass is 79.9. The lowest BCUT2D eigenvalue weighted by Crippen LogP contribution is -2.06. The predicted octanol–water partition coefficient (Wildman–Crippen LogP) is 4.05. The molecule has 19 heavy (non-hydrogen) atoms. The number of methoxy groups -OCH3 is 1. The normalized spacial score (nSPS) is 10.3. The summed E-state index contributed by atoms with van der Waals surface area (Å²) in [4.78, 5) is 12.5. The minimum absolute atomic E-state index is 0.0696. The van der Waals surface area contributed by atoms with E-state index in [1.165, 1.54) is 19.2 Å². The summed E-state index contributed by atoms with van der Waals surface area (Å²) in [6.45, 7) is 0.614. The largest absolute Gasteiger partial charge is 0.465 e. The van der Waals surface area contributed by atoms with Crippen molar-refractivity contribution in [3.05, 3.63) is 50.4 Å². The Morgan fingerprint density at radius 1 is 1.42 bits per heavy atom. The molecule has 6 heteroatoms. The Labute approximate surface area is 122 Å². The number of carbonyl (C=O) groups is 1. The molecule has 0 unspecified atom stereocenters. The van der Waals surface area contributed by atoms with Crippen molar-refractivity contribution in [3.8, 4) is 0 Å². The number of hydrogen-bond donors (Lipinski definition) is 1. The van der Waals surface area contributed by atoms with Crippen molar-refractivity contribution in [2.45, 2.75) is 6.54 Å². The van der Waals surface area contributed by atoms with Gasteiger partial charge in [0.1, 0.15) is 5.82 Å². The minimum atomic E-state index is -0.681. The van der Waals surface area contributed by atoms with Gasteiger partial charge in [-0.05, 0) is 46.3 Å². The Hall–Kier alpha value is -1.40. The average molecular weight is 344 g/mol.